The Balaban J connectivity index is 1.59. The molecule has 1 saturated heterocycles. The van der Waals surface area contributed by atoms with Crippen molar-refractivity contribution in [3.63, 3.8) is 0 Å². The Morgan fingerprint density at radius 1 is 1.17 bits per heavy atom. The minimum atomic E-state index is -0.161. The first kappa shape index (κ1) is 20.3. The van der Waals surface area contributed by atoms with Crippen molar-refractivity contribution in [1.82, 2.24) is 20.5 Å². The number of nitrogens with one attached hydrogen (secondary N) is 2. The van der Waals surface area contributed by atoms with Gasteiger partial charge in [0.25, 0.3) is 5.91 Å². The maximum Gasteiger partial charge on any atom is 0.315 e. The number of hydrogen-bond acceptors (Lipinski definition) is 4. The molecule has 2 N–H and O–H groups in total. The van der Waals surface area contributed by atoms with E-state index in [4.69, 9.17) is 0 Å². The van der Waals surface area contributed by atoms with Gasteiger partial charge in [-0.3, -0.25) is 9.78 Å². The standard InChI is InChI=1S/C22H25N5O2/c1-15(2)25-22(29)26-19-9-12-27(13-10-19)21(28)17-7-5-16(6-8-17)20-18(14-23)4-3-11-24-20/h3-8,11,15,19H,9-10,12-13H2,1-2H3,(H2,25,26,29). The van der Waals surface area contributed by atoms with Crippen molar-refractivity contribution >= 4 is 11.9 Å². The summed E-state index contributed by atoms with van der Waals surface area (Å²) in [4.78, 5) is 30.7. The number of pyridine rings is 1. The summed E-state index contributed by atoms with van der Waals surface area (Å²) in [5.74, 6) is -0.0249. The number of rotatable bonds is 4. The summed E-state index contributed by atoms with van der Waals surface area (Å²) in [6.45, 7) is 5.04. The zero-order valence-electron chi connectivity index (χ0n) is 16.7. The Labute approximate surface area is 170 Å². The Bertz CT molecular complexity index is 910. The second-order valence-corrected chi connectivity index (χ2v) is 7.43. The first-order valence-corrected chi connectivity index (χ1v) is 9.79. The fourth-order valence-electron chi connectivity index (χ4n) is 3.39. The first-order valence-electron chi connectivity index (χ1n) is 9.79. The lowest BCUT2D eigenvalue weighted by Crippen LogP contribution is -2.50. The molecule has 0 saturated carbocycles. The molecule has 2 aromatic rings. The molecule has 7 heteroatoms. The molecule has 1 aromatic carbocycles. The average Bonchev–Trinajstić information content (AvgIpc) is 2.73. The number of hydrogen-bond donors (Lipinski definition) is 2. The third-order valence-corrected chi connectivity index (χ3v) is 4.87. The Morgan fingerprint density at radius 3 is 2.48 bits per heavy atom. The van der Waals surface area contributed by atoms with Crippen LogP contribution >= 0.6 is 0 Å². The SMILES string of the molecule is CC(C)NC(=O)NC1CCN(C(=O)c2ccc(-c3ncccc3C#N)cc2)CC1. The molecule has 0 radical (unpaired) electrons. The number of urea groups is 1. The molecule has 1 fully saturated rings. The van der Waals surface area contributed by atoms with E-state index >= 15 is 0 Å². The van der Waals surface area contributed by atoms with Gasteiger partial charge in [0.1, 0.15) is 6.07 Å². The minimum absolute atomic E-state index is 0.0249. The van der Waals surface area contributed by atoms with Crippen LogP contribution in [-0.4, -0.2) is 47.0 Å². The molecule has 3 amide bonds. The fourth-order valence-corrected chi connectivity index (χ4v) is 3.39. The van der Waals surface area contributed by atoms with Gasteiger partial charge in [0, 0.05) is 42.5 Å². The Morgan fingerprint density at radius 2 is 1.86 bits per heavy atom. The van der Waals surface area contributed by atoms with Crippen LogP contribution in [0.5, 0.6) is 0 Å². The molecule has 2 heterocycles. The van der Waals surface area contributed by atoms with E-state index in [0.29, 0.717) is 29.9 Å². The molecule has 1 aliphatic rings. The van der Waals surface area contributed by atoms with Crippen LogP contribution in [0.4, 0.5) is 4.79 Å². The van der Waals surface area contributed by atoms with Gasteiger partial charge in [0.05, 0.1) is 11.3 Å². The molecule has 1 aromatic heterocycles. The smallest absolute Gasteiger partial charge is 0.315 e. The Hall–Kier alpha value is -3.40. The maximum atomic E-state index is 12.8. The molecule has 29 heavy (non-hydrogen) atoms. The predicted octanol–water partition coefficient (Wildman–Crippen LogP) is 2.93. The summed E-state index contributed by atoms with van der Waals surface area (Å²) < 4.78 is 0. The molecule has 0 bridgehead atoms. The van der Waals surface area contributed by atoms with E-state index in [1.54, 1.807) is 30.5 Å². The highest BCUT2D eigenvalue weighted by atomic mass is 16.2. The average molecular weight is 391 g/mol. The second kappa shape index (κ2) is 9.20. The zero-order valence-corrected chi connectivity index (χ0v) is 16.7. The van der Waals surface area contributed by atoms with Gasteiger partial charge in [0.2, 0.25) is 0 Å². The van der Waals surface area contributed by atoms with Crippen LogP contribution in [0.2, 0.25) is 0 Å². The third-order valence-electron chi connectivity index (χ3n) is 4.87. The second-order valence-electron chi connectivity index (χ2n) is 7.43. The van der Waals surface area contributed by atoms with E-state index in [2.05, 4.69) is 21.7 Å². The van der Waals surface area contributed by atoms with Crippen molar-refractivity contribution in [2.45, 2.75) is 38.8 Å². The predicted molar refractivity (Wildman–Crippen MR) is 110 cm³/mol. The van der Waals surface area contributed by atoms with Crippen molar-refractivity contribution < 1.29 is 9.59 Å². The van der Waals surface area contributed by atoms with Crippen LogP contribution in [0.1, 0.15) is 42.6 Å². The van der Waals surface area contributed by atoms with Crippen molar-refractivity contribution in [2.24, 2.45) is 0 Å². The van der Waals surface area contributed by atoms with E-state index in [9.17, 15) is 14.9 Å². The molecule has 7 nitrogen and oxygen atoms in total. The van der Waals surface area contributed by atoms with Crippen LogP contribution < -0.4 is 10.6 Å². The highest BCUT2D eigenvalue weighted by molar-refractivity contribution is 5.94. The number of aromatic nitrogens is 1. The van der Waals surface area contributed by atoms with E-state index < -0.39 is 0 Å². The van der Waals surface area contributed by atoms with Gasteiger partial charge < -0.3 is 15.5 Å². The number of benzene rings is 1. The highest BCUT2D eigenvalue weighted by Crippen LogP contribution is 2.22. The summed E-state index contributed by atoms with van der Waals surface area (Å²) in [5.41, 5.74) is 2.52. The molecule has 0 spiro atoms. The van der Waals surface area contributed by atoms with Crippen LogP contribution in [0.15, 0.2) is 42.6 Å². The molecular formula is C22H25N5O2. The zero-order chi connectivity index (χ0) is 20.8. The van der Waals surface area contributed by atoms with Crippen molar-refractivity contribution in [1.29, 1.82) is 5.26 Å². The summed E-state index contributed by atoms with van der Waals surface area (Å²) in [6, 6.07) is 12.8. The fraction of sp³-hybridized carbons (Fsp3) is 0.364. The van der Waals surface area contributed by atoms with E-state index in [-0.39, 0.29) is 24.0 Å². The third kappa shape index (κ3) is 5.11. The van der Waals surface area contributed by atoms with Crippen LogP contribution in [-0.2, 0) is 0 Å². The van der Waals surface area contributed by atoms with Gasteiger partial charge in [-0.1, -0.05) is 12.1 Å². The summed E-state index contributed by atoms with van der Waals surface area (Å²) >= 11 is 0. The molecule has 0 atom stereocenters. The largest absolute Gasteiger partial charge is 0.338 e. The maximum absolute atomic E-state index is 12.8. The van der Waals surface area contributed by atoms with E-state index in [0.717, 1.165) is 18.4 Å². The number of carbonyl (C=O) groups excluding carboxylic acids is 2. The number of piperidine rings is 1. The topological polar surface area (TPSA) is 98.1 Å². The van der Waals surface area contributed by atoms with Crippen molar-refractivity contribution in [2.75, 3.05) is 13.1 Å². The van der Waals surface area contributed by atoms with E-state index in [1.165, 1.54) is 0 Å². The number of carbonyl (C=O) groups is 2. The highest BCUT2D eigenvalue weighted by Gasteiger charge is 2.24. The lowest BCUT2D eigenvalue weighted by molar-refractivity contribution is 0.0708. The summed E-state index contributed by atoms with van der Waals surface area (Å²) in [7, 11) is 0. The van der Waals surface area contributed by atoms with Gasteiger partial charge in [-0.05, 0) is 51.0 Å². The number of nitrogens with zero attached hydrogens (tertiary/aromatic N) is 3. The van der Waals surface area contributed by atoms with Gasteiger partial charge in [-0.25, -0.2) is 4.79 Å². The van der Waals surface area contributed by atoms with Gasteiger partial charge in [0.15, 0.2) is 0 Å². The summed E-state index contributed by atoms with van der Waals surface area (Å²) in [6.07, 6.45) is 3.11. The molecule has 3 rings (SSSR count). The number of likely N-dealkylation sites (tertiary alicyclic amines) is 1. The molecule has 1 aliphatic heterocycles. The molecule has 0 aliphatic carbocycles. The summed E-state index contributed by atoms with van der Waals surface area (Å²) in [5, 5.41) is 15.0. The molecule has 0 unspecified atom stereocenters. The number of nitriles is 1. The minimum Gasteiger partial charge on any atom is -0.338 e. The van der Waals surface area contributed by atoms with Crippen molar-refractivity contribution in [3.05, 3.63) is 53.7 Å². The quantitative estimate of drug-likeness (QED) is 0.837. The molecule has 150 valence electrons. The molecular weight excluding hydrogens is 366 g/mol. The van der Waals surface area contributed by atoms with Crippen LogP contribution in [0, 0.1) is 11.3 Å². The van der Waals surface area contributed by atoms with Crippen molar-refractivity contribution in [3.8, 4) is 17.3 Å². The van der Waals surface area contributed by atoms with Gasteiger partial charge >= 0.3 is 6.03 Å². The number of amides is 3. The van der Waals surface area contributed by atoms with Gasteiger partial charge in [-0.15, -0.1) is 0 Å². The lowest BCUT2D eigenvalue weighted by atomic mass is 10.0. The normalized spacial score (nSPS) is 14.3. The lowest BCUT2D eigenvalue weighted by Gasteiger charge is -2.32. The van der Waals surface area contributed by atoms with Crippen LogP contribution in [0.3, 0.4) is 0 Å². The Kier molecular flexibility index (Phi) is 6.45. The van der Waals surface area contributed by atoms with Crippen LogP contribution in [0.25, 0.3) is 11.3 Å². The van der Waals surface area contributed by atoms with E-state index in [1.807, 2.05) is 30.9 Å². The van der Waals surface area contributed by atoms with Gasteiger partial charge in [-0.2, -0.15) is 5.26 Å². The first-order chi connectivity index (χ1) is 14.0. The monoisotopic (exact) mass is 391 g/mol.